The molecule has 4 nitrogen and oxygen atoms in total. The SMILES string of the molecule is NN/C(=N\C(c1ccccc1)c1ccc(-c2ccccc2)c2oc3ccccc3c12)c1ccc(-c2ccc(-c3ccccc3)cc2)cc1. The molecule has 0 bridgehead atoms. The van der Waals surface area contributed by atoms with Gasteiger partial charge < -0.3 is 9.84 Å². The minimum atomic E-state index is -0.351. The summed E-state index contributed by atoms with van der Waals surface area (Å²) < 4.78 is 6.58. The van der Waals surface area contributed by atoms with Crippen LogP contribution in [0.5, 0.6) is 0 Å². The molecule has 8 aromatic rings. The number of hydrogen-bond donors (Lipinski definition) is 2. The molecule has 3 N–H and O–H groups in total. The number of benzene rings is 7. The Hall–Kier alpha value is -6.23. The van der Waals surface area contributed by atoms with Crippen molar-refractivity contribution in [2.45, 2.75) is 6.04 Å². The Kier molecular flexibility index (Phi) is 7.83. The molecular formula is C44H33N3O. The van der Waals surface area contributed by atoms with Crippen LogP contribution < -0.4 is 11.3 Å². The number of fused-ring (bicyclic) bond motifs is 3. The summed E-state index contributed by atoms with van der Waals surface area (Å²) in [4.78, 5) is 5.33. The molecule has 1 aromatic heterocycles. The van der Waals surface area contributed by atoms with Crippen LogP contribution in [-0.4, -0.2) is 5.84 Å². The molecule has 0 saturated heterocycles. The van der Waals surface area contributed by atoms with E-state index >= 15 is 0 Å². The van der Waals surface area contributed by atoms with Gasteiger partial charge in [-0.05, 0) is 45.0 Å². The molecule has 0 amide bonds. The zero-order valence-electron chi connectivity index (χ0n) is 26.3. The molecule has 0 aliphatic heterocycles. The van der Waals surface area contributed by atoms with Gasteiger partial charge in [0.05, 0.1) is 0 Å². The lowest BCUT2D eigenvalue weighted by Crippen LogP contribution is -2.31. The molecule has 48 heavy (non-hydrogen) atoms. The minimum absolute atomic E-state index is 0.351. The third-order valence-corrected chi connectivity index (χ3v) is 8.93. The van der Waals surface area contributed by atoms with Crippen molar-refractivity contribution in [2.75, 3.05) is 0 Å². The molecule has 0 spiro atoms. The predicted molar refractivity (Wildman–Crippen MR) is 199 cm³/mol. The first-order valence-electron chi connectivity index (χ1n) is 16.1. The van der Waals surface area contributed by atoms with E-state index in [-0.39, 0.29) is 6.04 Å². The van der Waals surface area contributed by atoms with Crippen LogP contribution in [0.25, 0.3) is 55.3 Å². The van der Waals surface area contributed by atoms with E-state index in [0.29, 0.717) is 5.84 Å². The highest BCUT2D eigenvalue weighted by Crippen LogP contribution is 2.42. The van der Waals surface area contributed by atoms with Crippen molar-refractivity contribution in [2.24, 2.45) is 10.8 Å². The van der Waals surface area contributed by atoms with E-state index in [4.69, 9.17) is 15.3 Å². The standard InChI is InChI=1S/C44H33N3O/c45-47-44(36-26-24-33(25-27-36)32-22-20-31(21-23-32)30-12-4-1-5-13-30)46-42(35-16-8-3-9-17-35)39-29-28-37(34-14-6-2-7-15-34)43-41(39)38-18-10-11-19-40(38)48-43/h1-29,42H,45H2,(H,46,47). The number of aliphatic imine (C=N–C) groups is 1. The number of amidine groups is 1. The third kappa shape index (κ3) is 5.55. The first-order valence-corrected chi connectivity index (χ1v) is 16.1. The monoisotopic (exact) mass is 619 g/mol. The smallest absolute Gasteiger partial charge is 0.143 e. The topological polar surface area (TPSA) is 63.5 Å². The van der Waals surface area contributed by atoms with Gasteiger partial charge in [-0.2, -0.15) is 0 Å². The highest BCUT2D eigenvalue weighted by Gasteiger charge is 2.23. The van der Waals surface area contributed by atoms with E-state index in [9.17, 15) is 0 Å². The van der Waals surface area contributed by atoms with Gasteiger partial charge in [-0.15, -0.1) is 0 Å². The molecular weight excluding hydrogens is 587 g/mol. The average molecular weight is 620 g/mol. The number of rotatable bonds is 7. The fourth-order valence-electron chi connectivity index (χ4n) is 6.52. The lowest BCUT2D eigenvalue weighted by atomic mass is 9.91. The lowest BCUT2D eigenvalue weighted by molar-refractivity contribution is 0.669. The Labute approximate surface area is 279 Å². The molecule has 7 aromatic carbocycles. The number of nitrogens with one attached hydrogen (secondary N) is 1. The second-order valence-corrected chi connectivity index (χ2v) is 11.8. The van der Waals surface area contributed by atoms with Crippen LogP contribution in [0.3, 0.4) is 0 Å². The van der Waals surface area contributed by atoms with Crippen molar-refractivity contribution < 1.29 is 4.42 Å². The van der Waals surface area contributed by atoms with Gasteiger partial charge in [0.2, 0.25) is 0 Å². The zero-order chi connectivity index (χ0) is 32.3. The highest BCUT2D eigenvalue weighted by atomic mass is 16.3. The third-order valence-electron chi connectivity index (χ3n) is 8.93. The van der Waals surface area contributed by atoms with E-state index in [2.05, 4.69) is 139 Å². The molecule has 1 heterocycles. The van der Waals surface area contributed by atoms with Crippen molar-refractivity contribution in [3.8, 4) is 33.4 Å². The molecule has 0 fully saturated rings. The van der Waals surface area contributed by atoms with Crippen LogP contribution in [0.4, 0.5) is 0 Å². The van der Waals surface area contributed by atoms with Crippen LogP contribution in [0, 0.1) is 0 Å². The molecule has 8 rings (SSSR count). The second kappa shape index (κ2) is 12.9. The maximum absolute atomic E-state index is 6.58. The number of nitrogens with two attached hydrogens (primary N) is 1. The van der Waals surface area contributed by atoms with Crippen LogP contribution in [-0.2, 0) is 0 Å². The Morgan fingerprint density at radius 1 is 0.521 bits per heavy atom. The largest absolute Gasteiger partial charge is 0.455 e. The zero-order valence-corrected chi connectivity index (χ0v) is 26.3. The van der Waals surface area contributed by atoms with Crippen LogP contribution in [0.2, 0.25) is 0 Å². The summed E-state index contributed by atoms with van der Waals surface area (Å²) in [6.07, 6.45) is 0. The lowest BCUT2D eigenvalue weighted by Gasteiger charge is -2.18. The van der Waals surface area contributed by atoms with Crippen LogP contribution >= 0.6 is 0 Å². The molecule has 0 aliphatic carbocycles. The first-order chi connectivity index (χ1) is 23.8. The quantitative estimate of drug-likeness (QED) is 0.0807. The van der Waals surface area contributed by atoms with Crippen molar-refractivity contribution in [1.29, 1.82) is 0 Å². The maximum atomic E-state index is 6.58. The number of para-hydroxylation sites is 1. The van der Waals surface area contributed by atoms with Gasteiger partial charge in [0.25, 0.3) is 0 Å². The number of nitrogens with zero attached hydrogens (tertiary/aromatic N) is 1. The maximum Gasteiger partial charge on any atom is 0.143 e. The first kappa shape index (κ1) is 29.2. The van der Waals surface area contributed by atoms with Gasteiger partial charge >= 0.3 is 0 Å². The number of hydrazine groups is 1. The number of hydrogen-bond acceptors (Lipinski definition) is 3. The van der Waals surface area contributed by atoms with Crippen LogP contribution in [0.1, 0.15) is 22.7 Å². The number of furan rings is 1. The van der Waals surface area contributed by atoms with Crippen molar-refractivity contribution in [3.05, 3.63) is 193 Å². The highest BCUT2D eigenvalue weighted by molar-refractivity contribution is 6.11. The van der Waals surface area contributed by atoms with E-state index in [1.54, 1.807) is 0 Å². The van der Waals surface area contributed by atoms with Gasteiger partial charge in [0.15, 0.2) is 0 Å². The molecule has 4 heteroatoms. The summed E-state index contributed by atoms with van der Waals surface area (Å²) >= 11 is 0. The Bertz CT molecular complexity index is 2340. The fourth-order valence-corrected chi connectivity index (χ4v) is 6.52. The van der Waals surface area contributed by atoms with Gasteiger partial charge in [-0.3, -0.25) is 4.99 Å². The summed E-state index contributed by atoms with van der Waals surface area (Å²) in [7, 11) is 0. The predicted octanol–water partition coefficient (Wildman–Crippen LogP) is 10.6. The molecule has 0 saturated carbocycles. The van der Waals surface area contributed by atoms with E-state index in [0.717, 1.165) is 60.9 Å². The van der Waals surface area contributed by atoms with Crippen LogP contribution in [0.15, 0.2) is 185 Å². The Morgan fingerprint density at radius 3 is 1.67 bits per heavy atom. The van der Waals surface area contributed by atoms with Gasteiger partial charge in [0.1, 0.15) is 23.0 Å². The van der Waals surface area contributed by atoms with E-state index in [1.807, 2.05) is 42.5 Å². The summed E-state index contributed by atoms with van der Waals surface area (Å²) in [5, 5.41) is 2.11. The van der Waals surface area contributed by atoms with Gasteiger partial charge in [0, 0.05) is 21.9 Å². The molecule has 1 unspecified atom stereocenters. The van der Waals surface area contributed by atoms with E-state index < -0.39 is 0 Å². The molecule has 0 aliphatic rings. The second-order valence-electron chi connectivity index (χ2n) is 11.8. The molecule has 1 atom stereocenters. The van der Waals surface area contributed by atoms with Crippen molar-refractivity contribution >= 4 is 27.8 Å². The normalized spacial score (nSPS) is 12.3. The average Bonchev–Trinajstić information content (AvgIpc) is 3.56. The fraction of sp³-hybridized carbons (Fsp3) is 0.0227. The molecule has 230 valence electrons. The Morgan fingerprint density at radius 2 is 1.04 bits per heavy atom. The van der Waals surface area contributed by atoms with Gasteiger partial charge in [-0.25, -0.2) is 5.84 Å². The summed E-state index contributed by atoms with van der Waals surface area (Å²) in [6, 6.07) is 60.4. The van der Waals surface area contributed by atoms with Crippen molar-refractivity contribution in [3.63, 3.8) is 0 Å². The van der Waals surface area contributed by atoms with Crippen molar-refractivity contribution in [1.82, 2.24) is 5.43 Å². The Balaban J connectivity index is 1.21. The summed E-state index contributed by atoms with van der Waals surface area (Å²) in [6.45, 7) is 0. The molecule has 0 radical (unpaired) electrons. The van der Waals surface area contributed by atoms with E-state index in [1.165, 1.54) is 11.1 Å². The summed E-state index contributed by atoms with van der Waals surface area (Å²) in [5.41, 5.74) is 14.4. The summed E-state index contributed by atoms with van der Waals surface area (Å²) in [5.74, 6) is 6.81. The minimum Gasteiger partial charge on any atom is -0.455 e. The van der Waals surface area contributed by atoms with Gasteiger partial charge in [-0.1, -0.05) is 170 Å².